The number of carbonyl (C=O) groups is 1. The molecule has 2 bridgehead atoms. The number of aryl methyl sites for hydroxylation is 1. The van der Waals surface area contributed by atoms with Crippen molar-refractivity contribution in [1.82, 2.24) is 0 Å². The van der Waals surface area contributed by atoms with Crippen molar-refractivity contribution in [3.8, 4) is 0 Å². The van der Waals surface area contributed by atoms with Crippen molar-refractivity contribution < 1.29 is 40.5 Å². The Morgan fingerprint density at radius 2 is 1.47 bits per heavy atom. The predicted octanol–water partition coefficient (Wildman–Crippen LogP) is 1.85. The summed E-state index contributed by atoms with van der Waals surface area (Å²) in [6.45, 7) is 4.01. The summed E-state index contributed by atoms with van der Waals surface area (Å²) in [6, 6.07) is 24.9. The van der Waals surface area contributed by atoms with E-state index in [9.17, 15) is 14.3 Å². The number of halogens is 2. The molecule has 3 aromatic rings. The van der Waals surface area contributed by atoms with Gasteiger partial charge < -0.3 is 31.3 Å². The molecule has 190 valence electrons. The Kier molecular flexibility index (Phi) is 8.28. The number of hydrogen-bond acceptors (Lipinski definition) is 3. The molecule has 0 spiro atoms. The molecule has 6 rings (SSSR count). The summed E-state index contributed by atoms with van der Waals surface area (Å²) in [5.74, 6) is -0.464. The lowest BCUT2D eigenvalue weighted by molar-refractivity contribution is -0.946. The van der Waals surface area contributed by atoms with Crippen LogP contribution in [-0.4, -0.2) is 47.8 Å². The normalized spacial score (nSPS) is 23.1. The number of benzene rings is 3. The van der Waals surface area contributed by atoms with E-state index in [4.69, 9.17) is 4.74 Å². The molecule has 3 fully saturated rings. The van der Waals surface area contributed by atoms with Crippen LogP contribution in [0.3, 0.4) is 0 Å². The van der Waals surface area contributed by atoms with Crippen LogP contribution in [0, 0.1) is 11.7 Å². The fraction of sp³-hybridized carbons (Fsp3) is 0.367. The second kappa shape index (κ2) is 11.2. The molecule has 0 aromatic heterocycles. The van der Waals surface area contributed by atoms with Gasteiger partial charge in [0.1, 0.15) is 12.4 Å². The van der Waals surface area contributed by atoms with E-state index in [2.05, 4.69) is 0 Å². The largest absolute Gasteiger partial charge is 1.00 e. The fourth-order valence-electron chi connectivity index (χ4n) is 5.92. The highest BCUT2D eigenvalue weighted by Crippen LogP contribution is 2.38. The number of hydrogen-bond donors (Lipinski definition) is 1. The molecule has 3 aromatic carbocycles. The molecule has 3 saturated heterocycles. The molecular weight excluding hydrogens is 521 g/mol. The zero-order valence-electron chi connectivity index (χ0n) is 20.4. The molecule has 3 aliphatic rings. The fourth-order valence-corrected chi connectivity index (χ4v) is 5.92. The van der Waals surface area contributed by atoms with Gasteiger partial charge >= 0.3 is 5.97 Å². The van der Waals surface area contributed by atoms with Crippen LogP contribution in [0.25, 0.3) is 0 Å². The Labute approximate surface area is 223 Å². The van der Waals surface area contributed by atoms with E-state index in [0.29, 0.717) is 17.0 Å². The Hall–Kier alpha value is -2.54. The minimum absolute atomic E-state index is 0. The molecular formula is C30H33BrFNO3. The van der Waals surface area contributed by atoms with Crippen molar-refractivity contribution in [2.45, 2.75) is 37.4 Å². The van der Waals surface area contributed by atoms with Gasteiger partial charge in [-0.1, -0.05) is 72.8 Å². The molecule has 3 aliphatic heterocycles. The average Bonchev–Trinajstić information content (AvgIpc) is 2.91. The first kappa shape index (κ1) is 26.5. The van der Waals surface area contributed by atoms with Crippen LogP contribution in [0.15, 0.2) is 84.9 Å². The van der Waals surface area contributed by atoms with Crippen LogP contribution >= 0.6 is 0 Å². The standard InChI is InChI=1S/C30H33FNO3.BrH/c31-27-15-13-23(14-16-27)8-7-19-32-20-17-24(18-21-32)28(22-32)35-29(33)30(34,25-9-3-1-4-10-25)26-11-5-2-6-12-26;/h1-6,9-16,24,28,34H,7-8,17-22H2;1H/q+1;/p-1. The van der Waals surface area contributed by atoms with Crippen molar-refractivity contribution in [3.63, 3.8) is 0 Å². The van der Waals surface area contributed by atoms with Crippen molar-refractivity contribution in [2.75, 3.05) is 26.2 Å². The topological polar surface area (TPSA) is 46.5 Å². The molecule has 36 heavy (non-hydrogen) atoms. The maximum absolute atomic E-state index is 13.6. The smallest absolute Gasteiger partial charge is 0.348 e. The molecule has 1 N–H and O–H groups in total. The highest BCUT2D eigenvalue weighted by Gasteiger charge is 2.50. The first-order chi connectivity index (χ1) is 17.0. The summed E-state index contributed by atoms with van der Waals surface area (Å²) in [6.07, 6.45) is 3.78. The zero-order valence-corrected chi connectivity index (χ0v) is 21.9. The van der Waals surface area contributed by atoms with E-state index in [0.717, 1.165) is 61.9 Å². The van der Waals surface area contributed by atoms with Crippen LogP contribution in [0.2, 0.25) is 0 Å². The van der Waals surface area contributed by atoms with Crippen LogP contribution in [0.5, 0.6) is 0 Å². The van der Waals surface area contributed by atoms with Gasteiger partial charge in [0.2, 0.25) is 5.60 Å². The van der Waals surface area contributed by atoms with Crippen LogP contribution < -0.4 is 17.0 Å². The first-order valence-corrected chi connectivity index (χ1v) is 12.6. The van der Waals surface area contributed by atoms with Gasteiger partial charge in [0, 0.05) is 25.2 Å². The van der Waals surface area contributed by atoms with E-state index >= 15 is 0 Å². The number of piperidine rings is 3. The predicted molar refractivity (Wildman–Crippen MR) is 133 cm³/mol. The van der Waals surface area contributed by atoms with E-state index in [1.54, 1.807) is 24.3 Å². The number of fused-ring (bicyclic) bond motifs is 3. The number of rotatable bonds is 8. The van der Waals surface area contributed by atoms with E-state index in [1.165, 1.54) is 12.1 Å². The summed E-state index contributed by atoms with van der Waals surface area (Å²) in [5.41, 5.74) is 0.332. The lowest BCUT2D eigenvalue weighted by Gasteiger charge is -2.52. The summed E-state index contributed by atoms with van der Waals surface area (Å²) in [7, 11) is 0. The maximum atomic E-state index is 13.6. The number of aliphatic hydroxyl groups is 1. The number of quaternary nitrogens is 1. The third kappa shape index (κ3) is 5.41. The van der Waals surface area contributed by atoms with Crippen molar-refractivity contribution in [1.29, 1.82) is 0 Å². The van der Waals surface area contributed by atoms with Crippen LogP contribution in [0.1, 0.15) is 36.0 Å². The summed E-state index contributed by atoms with van der Waals surface area (Å²) < 4.78 is 20.3. The van der Waals surface area contributed by atoms with Gasteiger partial charge in [-0.05, 0) is 35.2 Å². The van der Waals surface area contributed by atoms with Gasteiger partial charge in [-0.25, -0.2) is 9.18 Å². The molecule has 0 radical (unpaired) electrons. The van der Waals surface area contributed by atoms with Gasteiger partial charge in [-0.15, -0.1) is 0 Å². The van der Waals surface area contributed by atoms with E-state index in [1.807, 2.05) is 48.5 Å². The number of esters is 1. The Balaban J connectivity index is 0.00000304. The van der Waals surface area contributed by atoms with Gasteiger partial charge in [0.15, 0.2) is 6.10 Å². The molecule has 0 amide bonds. The molecule has 6 heteroatoms. The second-order valence-corrected chi connectivity index (χ2v) is 10.1. The van der Waals surface area contributed by atoms with E-state index in [-0.39, 0.29) is 28.9 Å². The monoisotopic (exact) mass is 553 g/mol. The number of carbonyl (C=O) groups excluding carboxylic acids is 1. The highest BCUT2D eigenvalue weighted by molar-refractivity contribution is 5.85. The second-order valence-electron chi connectivity index (χ2n) is 10.1. The average molecular weight is 555 g/mol. The minimum atomic E-state index is -1.85. The minimum Gasteiger partial charge on any atom is -1.00 e. The SMILES string of the molecule is O=C(OC1C[N+]2(CCCc3ccc(F)cc3)CCC1CC2)C(O)(c1ccccc1)c1ccccc1.[Br-]. The molecule has 1 unspecified atom stereocenters. The Morgan fingerprint density at radius 3 is 2.03 bits per heavy atom. The van der Waals surface area contributed by atoms with Crippen molar-refractivity contribution in [2.24, 2.45) is 5.92 Å². The Morgan fingerprint density at radius 1 is 0.917 bits per heavy atom. The third-order valence-corrected chi connectivity index (χ3v) is 7.99. The number of ether oxygens (including phenoxy) is 1. The van der Waals surface area contributed by atoms with Crippen LogP contribution in [-0.2, 0) is 21.6 Å². The third-order valence-electron chi connectivity index (χ3n) is 7.99. The van der Waals surface area contributed by atoms with Crippen molar-refractivity contribution in [3.05, 3.63) is 107 Å². The lowest BCUT2D eigenvalue weighted by atomic mass is 9.82. The first-order valence-electron chi connectivity index (χ1n) is 12.6. The Bertz CT molecular complexity index is 1090. The summed E-state index contributed by atoms with van der Waals surface area (Å²) in [5, 5.41) is 11.8. The zero-order chi connectivity index (χ0) is 24.3. The van der Waals surface area contributed by atoms with Crippen molar-refractivity contribution >= 4 is 5.97 Å². The van der Waals surface area contributed by atoms with E-state index < -0.39 is 11.6 Å². The van der Waals surface area contributed by atoms with Gasteiger partial charge in [0.05, 0.1) is 19.6 Å². The molecule has 0 aliphatic carbocycles. The van der Waals surface area contributed by atoms with Gasteiger partial charge in [-0.3, -0.25) is 0 Å². The summed E-state index contributed by atoms with van der Waals surface area (Å²) >= 11 is 0. The lowest BCUT2D eigenvalue weighted by Crippen LogP contribution is -3.00. The highest BCUT2D eigenvalue weighted by atomic mass is 79.9. The molecule has 4 nitrogen and oxygen atoms in total. The molecule has 3 heterocycles. The molecule has 0 saturated carbocycles. The molecule has 1 atom stereocenters. The van der Waals surface area contributed by atoms with Gasteiger partial charge in [-0.2, -0.15) is 0 Å². The van der Waals surface area contributed by atoms with Crippen LogP contribution in [0.4, 0.5) is 4.39 Å². The quantitative estimate of drug-likeness (QED) is 0.342. The maximum Gasteiger partial charge on any atom is 0.348 e. The summed E-state index contributed by atoms with van der Waals surface area (Å²) in [4.78, 5) is 13.6. The number of nitrogens with zero attached hydrogens (tertiary/aromatic N) is 1. The van der Waals surface area contributed by atoms with Gasteiger partial charge in [0.25, 0.3) is 0 Å².